The number of hydrogen-bond donors (Lipinski definition) is 0. The van der Waals surface area contributed by atoms with Gasteiger partial charge in [-0.05, 0) is 25.0 Å². The van der Waals surface area contributed by atoms with Crippen LogP contribution in [0.1, 0.15) is 18.4 Å². The van der Waals surface area contributed by atoms with Crippen molar-refractivity contribution >= 4 is 5.69 Å². The van der Waals surface area contributed by atoms with Gasteiger partial charge in [0.2, 0.25) is 0 Å². The lowest BCUT2D eigenvalue weighted by atomic mass is 10.1. The highest BCUT2D eigenvalue weighted by molar-refractivity contribution is 5.59. The summed E-state index contributed by atoms with van der Waals surface area (Å²) in [6.07, 6.45) is -2.93. The molecule has 1 aromatic rings. The monoisotopic (exact) mass is 281 g/mol. The molecule has 0 saturated carbocycles. The van der Waals surface area contributed by atoms with Gasteiger partial charge in [0, 0.05) is 19.2 Å². The number of anilines is 1. The Balaban J connectivity index is 2.38. The quantitative estimate of drug-likeness (QED) is 0.779. The predicted molar refractivity (Wildman–Crippen MR) is 59.5 cm³/mol. The van der Waals surface area contributed by atoms with Crippen LogP contribution in [0, 0.1) is 0 Å². The number of alkyl halides is 5. The summed E-state index contributed by atoms with van der Waals surface area (Å²) in [7, 11) is 0. The average Bonchev–Trinajstić information content (AvgIpc) is 2.79. The van der Waals surface area contributed by atoms with Gasteiger partial charge in [0.15, 0.2) is 0 Å². The van der Waals surface area contributed by atoms with Crippen LogP contribution in [0.25, 0.3) is 0 Å². The molecule has 0 bridgehead atoms. The van der Waals surface area contributed by atoms with E-state index in [2.05, 4.69) is 4.74 Å². The third kappa shape index (κ3) is 3.27. The van der Waals surface area contributed by atoms with Gasteiger partial charge in [-0.15, -0.1) is 0 Å². The van der Waals surface area contributed by atoms with Crippen LogP contribution >= 0.6 is 0 Å². The van der Waals surface area contributed by atoms with Crippen LogP contribution in [0.4, 0.5) is 27.6 Å². The van der Waals surface area contributed by atoms with Crippen LogP contribution in [0.15, 0.2) is 18.2 Å². The number of hydrogen-bond acceptors (Lipinski definition) is 2. The SMILES string of the molecule is FC(F)Oc1ccc(C(F)(F)F)c(N2CCCC2)c1. The van der Waals surface area contributed by atoms with Gasteiger partial charge in [0.25, 0.3) is 0 Å². The molecule has 1 aromatic carbocycles. The molecular weight excluding hydrogens is 269 g/mol. The maximum absolute atomic E-state index is 12.9. The zero-order valence-electron chi connectivity index (χ0n) is 9.88. The first-order chi connectivity index (χ1) is 8.88. The third-order valence-electron chi connectivity index (χ3n) is 2.95. The van der Waals surface area contributed by atoms with Crippen molar-refractivity contribution in [3.63, 3.8) is 0 Å². The van der Waals surface area contributed by atoms with Gasteiger partial charge in [-0.1, -0.05) is 0 Å². The molecule has 1 heterocycles. The van der Waals surface area contributed by atoms with Crippen LogP contribution in [0.3, 0.4) is 0 Å². The minimum atomic E-state index is -4.51. The molecule has 0 atom stereocenters. The molecule has 0 aromatic heterocycles. The fourth-order valence-corrected chi connectivity index (χ4v) is 2.15. The summed E-state index contributed by atoms with van der Waals surface area (Å²) in [5.41, 5.74) is -0.917. The van der Waals surface area contributed by atoms with E-state index in [1.807, 2.05) is 0 Å². The lowest BCUT2D eigenvalue weighted by Crippen LogP contribution is -2.22. The van der Waals surface area contributed by atoms with Crippen molar-refractivity contribution in [1.82, 2.24) is 0 Å². The van der Waals surface area contributed by atoms with Crippen LogP contribution in [-0.4, -0.2) is 19.7 Å². The number of ether oxygens (including phenoxy) is 1. The van der Waals surface area contributed by atoms with Gasteiger partial charge < -0.3 is 9.64 Å². The second-order valence-corrected chi connectivity index (χ2v) is 4.25. The molecule has 1 aliphatic rings. The van der Waals surface area contributed by atoms with Crippen molar-refractivity contribution < 1.29 is 26.7 Å². The Morgan fingerprint density at radius 2 is 1.74 bits per heavy atom. The Labute approximate surface area is 106 Å². The molecule has 1 aliphatic heterocycles. The molecule has 2 rings (SSSR count). The summed E-state index contributed by atoms with van der Waals surface area (Å²) in [5.74, 6) is -0.259. The first kappa shape index (κ1) is 13.9. The highest BCUT2D eigenvalue weighted by Gasteiger charge is 2.35. The van der Waals surface area contributed by atoms with E-state index in [4.69, 9.17) is 0 Å². The van der Waals surface area contributed by atoms with E-state index in [0.717, 1.165) is 31.0 Å². The van der Waals surface area contributed by atoms with Crippen molar-refractivity contribution in [3.05, 3.63) is 23.8 Å². The van der Waals surface area contributed by atoms with E-state index in [0.29, 0.717) is 13.1 Å². The Morgan fingerprint density at radius 1 is 1.11 bits per heavy atom. The third-order valence-corrected chi connectivity index (χ3v) is 2.95. The number of rotatable bonds is 3. The molecule has 0 aliphatic carbocycles. The van der Waals surface area contributed by atoms with Gasteiger partial charge in [-0.25, -0.2) is 0 Å². The summed E-state index contributed by atoms with van der Waals surface area (Å²) >= 11 is 0. The second kappa shape index (κ2) is 5.22. The molecule has 0 spiro atoms. The molecule has 0 radical (unpaired) electrons. The number of nitrogens with zero attached hydrogens (tertiary/aromatic N) is 1. The minimum absolute atomic E-state index is 0.0943. The van der Waals surface area contributed by atoms with Crippen LogP contribution in [0.2, 0.25) is 0 Å². The fraction of sp³-hybridized carbons (Fsp3) is 0.500. The summed E-state index contributed by atoms with van der Waals surface area (Å²) in [4.78, 5) is 1.54. The molecule has 0 amide bonds. The Kier molecular flexibility index (Phi) is 3.82. The lowest BCUT2D eigenvalue weighted by molar-refractivity contribution is -0.137. The van der Waals surface area contributed by atoms with Crippen LogP contribution in [0.5, 0.6) is 5.75 Å². The molecular formula is C12H12F5NO. The van der Waals surface area contributed by atoms with Crippen molar-refractivity contribution in [2.24, 2.45) is 0 Å². The number of halogens is 5. The van der Waals surface area contributed by atoms with E-state index in [9.17, 15) is 22.0 Å². The summed E-state index contributed by atoms with van der Waals surface area (Å²) in [5, 5.41) is 0. The van der Waals surface area contributed by atoms with E-state index in [1.165, 1.54) is 0 Å². The molecule has 7 heteroatoms. The van der Waals surface area contributed by atoms with Gasteiger partial charge in [0.1, 0.15) is 5.75 Å². The molecule has 19 heavy (non-hydrogen) atoms. The predicted octanol–water partition coefficient (Wildman–Crippen LogP) is 3.91. The maximum atomic E-state index is 12.9. The zero-order valence-corrected chi connectivity index (χ0v) is 9.88. The van der Waals surface area contributed by atoms with E-state index in [1.54, 1.807) is 4.90 Å². The van der Waals surface area contributed by atoms with E-state index >= 15 is 0 Å². The van der Waals surface area contributed by atoms with Crippen molar-refractivity contribution in [2.75, 3.05) is 18.0 Å². The summed E-state index contributed by atoms with van der Waals surface area (Å²) in [6.45, 7) is -2.08. The smallest absolute Gasteiger partial charge is 0.418 e. The van der Waals surface area contributed by atoms with Crippen molar-refractivity contribution in [1.29, 1.82) is 0 Å². The first-order valence-corrected chi connectivity index (χ1v) is 5.79. The average molecular weight is 281 g/mol. The topological polar surface area (TPSA) is 12.5 Å². The minimum Gasteiger partial charge on any atom is -0.435 e. The molecule has 1 saturated heterocycles. The summed E-state index contributed by atoms with van der Waals surface area (Å²) in [6, 6.07) is 2.72. The van der Waals surface area contributed by atoms with E-state index in [-0.39, 0.29) is 11.4 Å². The first-order valence-electron chi connectivity index (χ1n) is 5.79. The maximum Gasteiger partial charge on any atom is 0.418 e. The highest BCUT2D eigenvalue weighted by Crippen LogP contribution is 2.39. The van der Waals surface area contributed by atoms with Gasteiger partial charge in [0.05, 0.1) is 11.3 Å². The highest BCUT2D eigenvalue weighted by atomic mass is 19.4. The van der Waals surface area contributed by atoms with Crippen LogP contribution < -0.4 is 9.64 Å². The molecule has 0 unspecified atom stereocenters. The van der Waals surface area contributed by atoms with Gasteiger partial charge in [-0.2, -0.15) is 22.0 Å². The van der Waals surface area contributed by atoms with Gasteiger partial charge >= 0.3 is 12.8 Å². The normalized spacial score (nSPS) is 16.2. The Hall–Kier alpha value is -1.53. The van der Waals surface area contributed by atoms with Crippen LogP contribution in [-0.2, 0) is 6.18 Å². The Morgan fingerprint density at radius 3 is 2.26 bits per heavy atom. The van der Waals surface area contributed by atoms with Crippen molar-refractivity contribution in [3.8, 4) is 5.75 Å². The molecule has 2 nitrogen and oxygen atoms in total. The summed E-state index contributed by atoms with van der Waals surface area (Å²) < 4.78 is 67.0. The number of benzene rings is 1. The largest absolute Gasteiger partial charge is 0.435 e. The molecule has 1 fully saturated rings. The van der Waals surface area contributed by atoms with Gasteiger partial charge in [-0.3, -0.25) is 0 Å². The molecule has 0 N–H and O–H groups in total. The van der Waals surface area contributed by atoms with Crippen molar-refractivity contribution in [2.45, 2.75) is 25.6 Å². The second-order valence-electron chi connectivity index (χ2n) is 4.25. The lowest BCUT2D eigenvalue weighted by Gasteiger charge is -2.23. The fourth-order valence-electron chi connectivity index (χ4n) is 2.15. The zero-order chi connectivity index (χ0) is 14.0. The standard InChI is InChI=1S/C12H12F5NO/c13-11(14)19-8-3-4-9(12(15,16)17)10(7-8)18-5-1-2-6-18/h3-4,7,11H,1-2,5-6H2. The Bertz CT molecular complexity index is 440. The molecule has 106 valence electrons. The van der Waals surface area contributed by atoms with E-state index < -0.39 is 18.4 Å².